The standard InChI is InChI=1S/C8H12N4O2/c1-3-5-4-6(13)11-7(10-5)12-8(14)9-2/h4H,3H2,1-2H3,(H3,9,10,11,12,13,14). The number of hydrogen-bond donors (Lipinski definition) is 3. The minimum Gasteiger partial charge on any atom is -0.341 e. The molecule has 0 bridgehead atoms. The molecule has 0 radical (unpaired) electrons. The highest BCUT2D eigenvalue weighted by Gasteiger charge is 2.02. The second-order valence-electron chi connectivity index (χ2n) is 2.64. The molecule has 0 unspecified atom stereocenters. The van der Waals surface area contributed by atoms with Crippen LogP contribution >= 0.6 is 0 Å². The summed E-state index contributed by atoms with van der Waals surface area (Å²) in [7, 11) is 1.48. The molecule has 0 atom stereocenters. The van der Waals surface area contributed by atoms with E-state index in [2.05, 4.69) is 20.6 Å². The SMILES string of the molecule is CCc1cc(=O)[nH]c(NC(=O)NC)n1. The highest BCUT2D eigenvalue weighted by atomic mass is 16.2. The van der Waals surface area contributed by atoms with Crippen LogP contribution in [-0.2, 0) is 6.42 Å². The molecule has 76 valence electrons. The molecule has 0 saturated carbocycles. The summed E-state index contributed by atoms with van der Waals surface area (Å²) < 4.78 is 0. The first-order chi connectivity index (χ1) is 6.65. The van der Waals surface area contributed by atoms with Gasteiger partial charge in [-0.3, -0.25) is 15.1 Å². The Bertz CT molecular complexity index is 385. The van der Waals surface area contributed by atoms with Crippen LogP contribution in [-0.4, -0.2) is 23.0 Å². The zero-order valence-corrected chi connectivity index (χ0v) is 8.05. The van der Waals surface area contributed by atoms with E-state index in [9.17, 15) is 9.59 Å². The highest BCUT2D eigenvalue weighted by Crippen LogP contribution is 1.97. The Morgan fingerprint density at radius 2 is 2.36 bits per heavy atom. The molecule has 0 aromatic carbocycles. The largest absolute Gasteiger partial charge is 0.341 e. The lowest BCUT2D eigenvalue weighted by atomic mass is 10.3. The van der Waals surface area contributed by atoms with Crippen LogP contribution in [0.2, 0.25) is 0 Å². The Hall–Kier alpha value is -1.85. The van der Waals surface area contributed by atoms with Gasteiger partial charge in [0.15, 0.2) is 0 Å². The van der Waals surface area contributed by atoms with E-state index >= 15 is 0 Å². The number of carbonyl (C=O) groups is 1. The zero-order valence-electron chi connectivity index (χ0n) is 8.05. The predicted octanol–water partition coefficient (Wildman–Crippen LogP) is 0.0836. The molecule has 1 heterocycles. The Kier molecular flexibility index (Phi) is 3.22. The van der Waals surface area contributed by atoms with Crippen LogP contribution in [0.4, 0.5) is 10.7 Å². The van der Waals surface area contributed by atoms with Gasteiger partial charge in [0.05, 0.1) is 0 Å². The van der Waals surface area contributed by atoms with Crippen molar-refractivity contribution in [2.45, 2.75) is 13.3 Å². The maximum atomic E-state index is 11.1. The molecule has 3 N–H and O–H groups in total. The minimum atomic E-state index is -0.415. The van der Waals surface area contributed by atoms with Gasteiger partial charge in [-0.2, -0.15) is 0 Å². The number of carbonyl (C=O) groups excluding carboxylic acids is 1. The number of rotatable bonds is 2. The van der Waals surface area contributed by atoms with Gasteiger partial charge in [-0.25, -0.2) is 9.78 Å². The fourth-order valence-electron chi connectivity index (χ4n) is 0.918. The minimum absolute atomic E-state index is 0.161. The first-order valence-corrected chi connectivity index (χ1v) is 4.24. The summed E-state index contributed by atoms with van der Waals surface area (Å²) in [6.07, 6.45) is 0.645. The Labute approximate surface area is 80.8 Å². The van der Waals surface area contributed by atoms with Crippen LogP contribution in [0.5, 0.6) is 0 Å². The van der Waals surface area contributed by atoms with Crippen molar-refractivity contribution in [2.24, 2.45) is 0 Å². The number of aryl methyl sites for hydroxylation is 1. The second kappa shape index (κ2) is 4.40. The number of hydrogen-bond acceptors (Lipinski definition) is 3. The Morgan fingerprint density at radius 3 is 2.93 bits per heavy atom. The molecule has 6 heteroatoms. The second-order valence-corrected chi connectivity index (χ2v) is 2.64. The number of amides is 2. The molecule has 0 aliphatic carbocycles. The van der Waals surface area contributed by atoms with E-state index < -0.39 is 6.03 Å². The van der Waals surface area contributed by atoms with Crippen molar-refractivity contribution in [3.8, 4) is 0 Å². The molecular weight excluding hydrogens is 184 g/mol. The lowest BCUT2D eigenvalue weighted by Crippen LogP contribution is -2.27. The van der Waals surface area contributed by atoms with E-state index in [1.165, 1.54) is 13.1 Å². The van der Waals surface area contributed by atoms with Gasteiger partial charge in [-0.15, -0.1) is 0 Å². The van der Waals surface area contributed by atoms with Crippen molar-refractivity contribution >= 4 is 12.0 Å². The zero-order chi connectivity index (χ0) is 10.6. The van der Waals surface area contributed by atoms with Crippen molar-refractivity contribution in [3.05, 3.63) is 22.1 Å². The fraction of sp³-hybridized carbons (Fsp3) is 0.375. The first-order valence-electron chi connectivity index (χ1n) is 4.24. The Balaban J connectivity index is 2.92. The quantitative estimate of drug-likeness (QED) is 0.626. The van der Waals surface area contributed by atoms with Gasteiger partial charge in [0, 0.05) is 18.8 Å². The van der Waals surface area contributed by atoms with E-state index in [0.717, 1.165) is 0 Å². The van der Waals surface area contributed by atoms with Crippen LogP contribution < -0.4 is 16.2 Å². The van der Waals surface area contributed by atoms with E-state index in [0.29, 0.717) is 12.1 Å². The summed E-state index contributed by atoms with van der Waals surface area (Å²) >= 11 is 0. The van der Waals surface area contributed by atoms with Gasteiger partial charge in [0.1, 0.15) is 0 Å². The maximum Gasteiger partial charge on any atom is 0.321 e. The van der Waals surface area contributed by atoms with Gasteiger partial charge in [0.25, 0.3) is 5.56 Å². The first kappa shape index (κ1) is 10.2. The molecule has 14 heavy (non-hydrogen) atoms. The third kappa shape index (κ3) is 2.58. The molecule has 0 aliphatic heterocycles. The monoisotopic (exact) mass is 196 g/mol. The summed E-state index contributed by atoms with van der Waals surface area (Å²) in [5.41, 5.74) is 0.364. The number of nitrogens with zero attached hydrogens (tertiary/aromatic N) is 1. The van der Waals surface area contributed by atoms with Crippen molar-refractivity contribution in [1.29, 1.82) is 0 Å². The van der Waals surface area contributed by atoms with E-state index in [1.54, 1.807) is 0 Å². The molecule has 6 nitrogen and oxygen atoms in total. The third-order valence-corrected chi connectivity index (χ3v) is 1.62. The lowest BCUT2D eigenvalue weighted by Gasteiger charge is -2.03. The molecule has 1 aromatic heterocycles. The van der Waals surface area contributed by atoms with Crippen molar-refractivity contribution < 1.29 is 4.79 Å². The van der Waals surface area contributed by atoms with Crippen LogP contribution in [0.15, 0.2) is 10.9 Å². The predicted molar refractivity (Wildman–Crippen MR) is 52.3 cm³/mol. The number of aromatic amines is 1. The molecule has 0 spiro atoms. The normalized spacial score (nSPS) is 9.57. The molecule has 0 fully saturated rings. The van der Waals surface area contributed by atoms with Crippen LogP contribution in [0, 0.1) is 0 Å². The van der Waals surface area contributed by atoms with E-state index in [-0.39, 0.29) is 11.5 Å². The molecule has 2 amide bonds. The van der Waals surface area contributed by atoms with Crippen molar-refractivity contribution in [1.82, 2.24) is 15.3 Å². The molecule has 1 aromatic rings. The number of H-pyrrole nitrogens is 1. The average molecular weight is 196 g/mol. The van der Waals surface area contributed by atoms with Gasteiger partial charge in [0.2, 0.25) is 5.95 Å². The highest BCUT2D eigenvalue weighted by molar-refractivity contribution is 5.86. The fourth-order valence-corrected chi connectivity index (χ4v) is 0.918. The summed E-state index contributed by atoms with van der Waals surface area (Å²) in [4.78, 5) is 28.4. The van der Waals surface area contributed by atoms with Crippen LogP contribution in [0.3, 0.4) is 0 Å². The van der Waals surface area contributed by atoms with Crippen molar-refractivity contribution in [2.75, 3.05) is 12.4 Å². The summed E-state index contributed by atoms with van der Waals surface area (Å²) in [5.74, 6) is 0.161. The summed E-state index contributed by atoms with van der Waals surface area (Å²) in [6, 6.07) is 0.982. The Morgan fingerprint density at radius 1 is 1.64 bits per heavy atom. The summed E-state index contributed by atoms with van der Waals surface area (Å²) in [6.45, 7) is 1.88. The van der Waals surface area contributed by atoms with E-state index in [1.807, 2.05) is 6.92 Å². The topological polar surface area (TPSA) is 86.9 Å². The van der Waals surface area contributed by atoms with Gasteiger partial charge in [-0.1, -0.05) is 6.92 Å². The van der Waals surface area contributed by atoms with Crippen LogP contribution in [0.1, 0.15) is 12.6 Å². The molecule has 0 saturated heterocycles. The molecule has 1 rings (SSSR count). The van der Waals surface area contributed by atoms with Crippen LogP contribution in [0.25, 0.3) is 0 Å². The van der Waals surface area contributed by atoms with Gasteiger partial charge < -0.3 is 5.32 Å². The average Bonchev–Trinajstić information content (AvgIpc) is 2.16. The number of aromatic nitrogens is 2. The summed E-state index contributed by atoms with van der Waals surface area (Å²) in [5, 5.41) is 4.75. The van der Waals surface area contributed by atoms with Gasteiger partial charge >= 0.3 is 6.03 Å². The number of anilines is 1. The molecule has 0 aliphatic rings. The number of nitrogens with one attached hydrogen (secondary N) is 3. The van der Waals surface area contributed by atoms with Gasteiger partial charge in [-0.05, 0) is 6.42 Å². The third-order valence-electron chi connectivity index (χ3n) is 1.62. The number of urea groups is 1. The van der Waals surface area contributed by atoms with Crippen molar-refractivity contribution in [3.63, 3.8) is 0 Å². The van der Waals surface area contributed by atoms with E-state index in [4.69, 9.17) is 0 Å². The molecular formula is C8H12N4O2. The maximum absolute atomic E-state index is 11.1. The smallest absolute Gasteiger partial charge is 0.321 e. The lowest BCUT2D eigenvalue weighted by molar-refractivity contribution is 0.254.